The summed E-state index contributed by atoms with van der Waals surface area (Å²) >= 11 is 0. The Labute approximate surface area is 123 Å². The third-order valence-electron chi connectivity index (χ3n) is 3.36. The zero-order valence-electron chi connectivity index (χ0n) is 12.3. The van der Waals surface area contributed by atoms with Crippen LogP contribution in [0.25, 0.3) is 0 Å². The monoisotopic (exact) mass is 289 g/mol. The maximum absolute atomic E-state index is 10.9. The van der Waals surface area contributed by atoms with Crippen LogP contribution in [0.15, 0.2) is 34.7 Å². The van der Waals surface area contributed by atoms with Crippen molar-refractivity contribution in [2.75, 3.05) is 7.11 Å². The average molecular weight is 289 g/mol. The normalized spacial score (nSPS) is 12.1. The third kappa shape index (κ3) is 3.64. The summed E-state index contributed by atoms with van der Waals surface area (Å²) in [6, 6.07) is 9.67. The van der Waals surface area contributed by atoms with Crippen LogP contribution in [0.2, 0.25) is 0 Å². The highest BCUT2D eigenvalue weighted by atomic mass is 16.5. The number of hydrogen-bond donors (Lipinski definition) is 2. The molecule has 0 bridgehead atoms. The first-order chi connectivity index (χ1) is 10.0. The molecule has 1 aromatic carbocycles. The van der Waals surface area contributed by atoms with Gasteiger partial charge in [-0.15, -0.1) is 0 Å². The van der Waals surface area contributed by atoms with Gasteiger partial charge in [-0.2, -0.15) is 0 Å². The summed E-state index contributed by atoms with van der Waals surface area (Å²) in [5, 5.41) is 12.3. The fraction of sp³-hybridized carbons (Fsp3) is 0.312. The summed E-state index contributed by atoms with van der Waals surface area (Å²) in [5.41, 5.74) is 1.76. The van der Waals surface area contributed by atoms with E-state index in [1.165, 1.54) is 0 Å². The molecular formula is C16H19NO4. The van der Waals surface area contributed by atoms with Crippen LogP contribution in [0.1, 0.15) is 40.4 Å². The second kappa shape index (κ2) is 6.45. The molecule has 2 aromatic rings. The van der Waals surface area contributed by atoms with Gasteiger partial charge in [-0.25, -0.2) is 4.79 Å². The predicted molar refractivity (Wildman–Crippen MR) is 78.7 cm³/mol. The number of carboxylic acids is 1. The van der Waals surface area contributed by atoms with Crippen molar-refractivity contribution < 1.29 is 19.1 Å². The van der Waals surface area contributed by atoms with Crippen molar-refractivity contribution in [2.24, 2.45) is 0 Å². The first kappa shape index (κ1) is 15.1. The number of hydrogen-bond acceptors (Lipinski definition) is 4. The second-order valence-corrected chi connectivity index (χ2v) is 4.91. The number of nitrogens with one attached hydrogen (secondary N) is 1. The lowest BCUT2D eigenvalue weighted by Gasteiger charge is -2.13. The number of carboxylic acid groups (broad SMARTS) is 1. The first-order valence-electron chi connectivity index (χ1n) is 6.71. The number of aryl methyl sites for hydroxylation is 1. The van der Waals surface area contributed by atoms with E-state index < -0.39 is 5.97 Å². The van der Waals surface area contributed by atoms with Crippen LogP contribution in [0.3, 0.4) is 0 Å². The van der Waals surface area contributed by atoms with Crippen molar-refractivity contribution in [1.29, 1.82) is 0 Å². The maximum atomic E-state index is 10.9. The van der Waals surface area contributed by atoms with E-state index in [4.69, 9.17) is 14.3 Å². The first-order valence-corrected chi connectivity index (χ1v) is 6.71. The van der Waals surface area contributed by atoms with Gasteiger partial charge in [-0.3, -0.25) is 0 Å². The minimum absolute atomic E-state index is 0.00361. The van der Waals surface area contributed by atoms with E-state index >= 15 is 0 Å². The standard InChI is InChI=1S/C16H19NO4/c1-10-8-14(21-15(10)16(18)19)9-17-11(2)12-4-6-13(20-3)7-5-12/h4-8,11,17H,9H2,1-3H3,(H,18,19). The number of benzene rings is 1. The van der Waals surface area contributed by atoms with Gasteiger partial charge in [-0.1, -0.05) is 12.1 Å². The molecule has 1 heterocycles. The SMILES string of the molecule is COc1ccc(C(C)NCc2cc(C)c(C(=O)O)o2)cc1. The molecule has 112 valence electrons. The summed E-state index contributed by atoms with van der Waals surface area (Å²) < 4.78 is 10.4. The van der Waals surface area contributed by atoms with E-state index in [0.29, 0.717) is 17.9 Å². The molecule has 0 fully saturated rings. The zero-order valence-corrected chi connectivity index (χ0v) is 12.3. The molecule has 1 unspecified atom stereocenters. The average Bonchev–Trinajstić information content (AvgIpc) is 2.86. The van der Waals surface area contributed by atoms with Crippen molar-refractivity contribution in [3.63, 3.8) is 0 Å². The molecule has 0 saturated heterocycles. The van der Waals surface area contributed by atoms with Crippen molar-refractivity contribution in [1.82, 2.24) is 5.32 Å². The molecule has 21 heavy (non-hydrogen) atoms. The Balaban J connectivity index is 1.98. The van der Waals surface area contributed by atoms with Crippen LogP contribution >= 0.6 is 0 Å². The molecule has 0 saturated carbocycles. The van der Waals surface area contributed by atoms with Crippen molar-refractivity contribution >= 4 is 5.97 Å². The van der Waals surface area contributed by atoms with Gasteiger partial charge in [-0.05, 0) is 37.6 Å². The number of aromatic carboxylic acids is 1. The molecule has 1 aromatic heterocycles. The fourth-order valence-corrected chi connectivity index (χ4v) is 2.11. The van der Waals surface area contributed by atoms with Crippen LogP contribution in [-0.2, 0) is 6.54 Å². The lowest BCUT2D eigenvalue weighted by atomic mass is 10.1. The third-order valence-corrected chi connectivity index (χ3v) is 3.36. The van der Waals surface area contributed by atoms with E-state index in [1.54, 1.807) is 20.1 Å². The minimum Gasteiger partial charge on any atom is -0.497 e. The van der Waals surface area contributed by atoms with Crippen molar-refractivity contribution in [3.05, 3.63) is 53.0 Å². The highest BCUT2D eigenvalue weighted by Crippen LogP contribution is 2.19. The Morgan fingerprint density at radius 1 is 1.38 bits per heavy atom. The molecule has 5 heteroatoms. The number of ether oxygens (including phenoxy) is 1. The van der Waals surface area contributed by atoms with Gasteiger partial charge < -0.3 is 19.6 Å². The van der Waals surface area contributed by atoms with Gasteiger partial charge >= 0.3 is 5.97 Å². The van der Waals surface area contributed by atoms with E-state index in [0.717, 1.165) is 11.3 Å². The number of rotatable bonds is 6. The number of carbonyl (C=O) groups is 1. The molecule has 2 rings (SSSR count). The Morgan fingerprint density at radius 2 is 2.05 bits per heavy atom. The molecule has 0 radical (unpaired) electrons. The molecular weight excluding hydrogens is 270 g/mol. The maximum Gasteiger partial charge on any atom is 0.372 e. The fourth-order valence-electron chi connectivity index (χ4n) is 2.11. The van der Waals surface area contributed by atoms with Gasteiger partial charge in [0.2, 0.25) is 5.76 Å². The Bertz CT molecular complexity index is 616. The van der Waals surface area contributed by atoms with E-state index in [2.05, 4.69) is 5.32 Å². The van der Waals surface area contributed by atoms with Gasteiger partial charge in [0.1, 0.15) is 11.5 Å². The minimum atomic E-state index is -1.04. The number of methoxy groups -OCH3 is 1. The summed E-state index contributed by atoms with van der Waals surface area (Å²) in [7, 11) is 1.63. The smallest absolute Gasteiger partial charge is 0.372 e. The molecule has 2 N–H and O–H groups in total. The van der Waals surface area contributed by atoms with Crippen LogP contribution < -0.4 is 10.1 Å². The highest BCUT2D eigenvalue weighted by molar-refractivity contribution is 5.86. The van der Waals surface area contributed by atoms with Gasteiger partial charge in [0.25, 0.3) is 0 Å². The molecule has 5 nitrogen and oxygen atoms in total. The Morgan fingerprint density at radius 3 is 2.57 bits per heavy atom. The summed E-state index contributed by atoms with van der Waals surface area (Å²) in [6.45, 7) is 4.24. The highest BCUT2D eigenvalue weighted by Gasteiger charge is 2.14. The lowest BCUT2D eigenvalue weighted by Crippen LogP contribution is -2.17. The van der Waals surface area contributed by atoms with Gasteiger partial charge in [0, 0.05) is 11.6 Å². The van der Waals surface area contributed by atoms with Crippen LogP contribution in [0, 0.1) is 6.92 Å². The summed E-state index contributed by atoms with van der Waals surface area (Å²) in [4.78, 5) is 10.9. The van der Waals surface area contributed by atoms with Crippen molar-refractivity contribution in [3.8, 4) is 5.75 Å². The van der Waals surface area contributed by atoms with Gasteiger partial charge in [0.05, 0.1) is 13.7 Å². The predicted octanol–water partition coefficient (Wildman–Crippen LogP) is 3.15. The van der Waals surface area contributed by atoms with Crippen LogP contribution in [-0.4, -0.2) is 18.2 Å². The molecule has 0 spiro atoms. The van der Waals surface area contributed by atoms with Gasteiger partial charge in [0.15, 0.2) is 0 Å². The summed E-state index contributed by atoms with van der Waals surface area (Å²) in [6.07, 6.45) is 0. The molecule has 0 aliphatic rings. The number of furan rings is 1. The molecule has 0 aliphatic heterocycles. The second-order valence-electron chi connectivity index (χ2n) is 4.91. The van der Waals surface area contributed by atoms with Crippen LogP contribution in [0.4, 0.5) is 0 Å². The van der Waals surface area contributed by atoms with Crippen LogP contribution in [0.5, 0.6) is 5.75 Å². The lowest BCUT2D eigenvalue weighted by molar-refractivity contribution is 0.0659. The quantitative estimate of drug-likeness (QED) is 0.854. The molecule has 1 atom stereocenters. The molecule has 0 aliphatic carbocycles. The topological polar surface area (TPSA) is 71.7 Å². The largest absolute Gasteiger partial charge is 0.497 e. The van der Waals surface area contributed by atoms with E-state index in [1.807, 2.05) is 31.2 Å². The Hall–Kier alpha value is -2.27. The Kier molecular flexibility index (Phi) is 4.65. The van der Waals surface area contributed by atoms with E-state index in [-0.39, 0.29) is 11.8 Å². The van der Waals surface area contributed by atoms with E-state index in [9.17, 15) is 4.79 Å². The van der Waals surface area contributed by atoms with Crippen molar-refractivity contribution in [2.45, 2.75) is 26.4 Å². The zero-order chi connectivity index (χ0) is 15.4. The summed E-state index contributed by atoms with van der Waals surface area (Å²) in [5.74, 6) is 0.398. The molecule has 0 amide bonds.